The van der Waals surface area contributed by atoms with Gasteiger partial charge in [-0.1, -0.05) is 0 Å². The Morgan fingerprint density at radius 2 is 1.87 bits per heavy atom. The number of alkyl halides is 3. The fraction of sp³-hybridized carbons (Fsp3) is 0.250. The zero-order chi connectivity index (χ0) is 11.6. The van der Waals surface area contributed by atoms with E-state index < -0.39 is 12.1 Å². The molecule has 0 fully saturated rings. The van der Waals surface area contributed by atoms with E-state index in [9.17, 15) is 13.2 Å². The number of benzene rings is 1. The third-order valence-corrected chi connectivity index (χ3v) is 2.13. The zero-order valence-electron chi connectivity index (χ0n) is 7.56. The number of halogens is 4. The Kier molecular flexibility index (Phi) is 3.33. The third-order valence-electron chi connectivity index (χ3n) is 1.51. The smallest absolute Gasteiger partial charge is 0.495 e. The SMILES string of the molecule is COc1cc(Br)c(OC(F)(F)F)cc1N. The second-order valence-corrected chi connectivity index (χ2v) is 3.43. The van der Waals surface area contributed by atoms with Crippen molar-refractivity contribution in [2.24, 2.45) is 0 Å². The molecule has 1 aromatic rings. The van der Waals surface area contributed by atoms with Crippen LogP contribution in [0.3, 0.4) is 0 Å². The standard InChI is InChI=1S/C8H7BrF3NO2/c1-14-7-2-4(9)6(3-5(7)13)15-8(10,11)12/h2-3H,13H2,1H3. The van der Waals surface area contributed by atoms with Crippen molar-refractivity contribution in [3.8, 4) is 11.5 Å². The van der Waals surface area contributed by atoms with E-state index in [4.69, 9.17) is 10.5 Å². The number of nitrogen functional groups attached to an aromatic ring is 1. The van der Waals surface area contributed by atoms with Crippen LogP contribution in [-0.2, 0) is 0 Å². The Labute approximate surface area is 92.1 Å². The van der Waals surface area contributed by atoms with Gasteiger partial charge in [0.1, 0.15) is 11.5 Å². The number of ether oxygens (including phenoxy) is 2. The van der Waals surface area contributed by atoms with Crippen molar-refractivity contribution in [3.63, 3.8) is 0 Å². The minimum atomic E-state index is -4.75. The molecule has 2 N–H and O–H groups in total. The molecule has 0 aliphatic rings. The summed E-state index contributed by atoms with van der Waals surface area (Å²) in [5.74, 6) is -0.128. The van der Waals surface area contributed by atoms with Gasteiger partial charge in [0.05, 0.1) is 17.3 Å². The van der Waals surface area contributed by atoms with E-state index in [2.05, 4.69) is 20.7 Å². The summed E-state index contributed by atoms with van der Waals surface area (Å²) >= 11 is 2.91. The van der Waals surface area contributed by atoms with E-state index in [1.165, 1.54) is 13.2 Å². The van der Waals surface area contributed by atoms with E-state index in [0.29, 0.717) is 0 Å². The molecule has 0 unspecified atom stereocenters. The molecule has 0 amide bonds. The van der Waals surface area contributed by atoms with Gasteiger partial charge in [0.15, 0.2) is 0 Å². The van der Waals surface area contributed by atoms with Crippen molar-refractivity contribution < 1.29 is 22.6 Å². The Balaban J connectivity index is 3.05. The van der Waals surface area contributed by atoms with E-state index in [-0.39, 0.29) is 15.9 Å². The van der Waals surface area contributed by atoms with Crippen LogP contribution in [0.15, 0.2) is 16.6 Å². The summed E-state index contributed by atoms with van der Waals surface area (Å²) in [4.78, 5) is 0. The molecule has 3 nitrogen and oxygen atoms in total. The molecule has 1 aromatic carbocycles. The first-order valence-electron chi connectivity index (χ1n) is 3.72. The molecule has 0 spiro atoms. The van der Waals surface area contributed by atoms with Gasteiger partial charge in [0.25, 0.3) is 0 Å². The minimum Gasteiger partial charge on any atom is -0.495 e. The van der Waals surface area contributed by atoms with Gasteiger partial charge in [-0.05, 0) is 15.9 Å². The Morgan fingerprint density at radius 1 is 1.27 bits per heavy atom. The number of nitrogens with two attached hydrogens (primary N) is 1. The van der Waals surface area contributed by atoms with Crippen molar-refractivity contribution in [3.05, 3.63) is 16.6 Å². The molecule has 0 saturated heterocycles. The highest BCUT2D eigenvalue weighted by molar-refractivity contribution is 9.10. The highest BCUT2D eigenvalue weighted by atomic mass is 79.9. The molecule has 7 heteroatoms. The maximum atomic E-state index is 11.9. The molecular formula is C8H7BrF3NO2. The summed E-state index contributed by atoms with van der Waals surface area (Å²) in [5, 5.41) is 0. The lowest BCUT2D eigenvalue weighted by molar-refractivity contribution is -0.274. The maximum absolute atomic E-state index is 11.9. The van der Waals surface area contributed by atoms with Gasteiger partial charge in [-0.3, -0.25) is 0 Å². The monoisotopic (exact) mass is 285 g/mol. The largest absolute Gasteiger partial charge is 0.573 e. The first kappa shape index (κ1) is 12.0. The minimum absolute atomic E-state index is 0.0694. The van der Waals surface area contributed by atoms with E-state index in [0.717, 1.165) is 6.07 Å². The van der Waals surface area contributed by atoms with Gasteiger partial charge in [-0.15, -0.1) is 13.2 Å². The Morgan fingerprint density at radius 3 is 2.33 bits per heavy atom. The van der Waals surface area contributed by atoms with E-state index >= 15 is 0 Å². The van der Waals surface area contributed by atoms with Crippen molar-refractivity contribution in [2.75, 3.05) is 12.8 Å². The van der Waals surface area contributed by atoms with Crippen molar-refractivity contribution in [1.29, 1.82) is 0 Å². The van der Waals surface area contributed by atoms with Crippen LogP contribution in [0.2, 0.25) is 0 Å². The van der Waals surface area contributed by atoms with Crippen molar-refractivity contribution in [1.82, 2.24) is 0 Å². The molecule has 84 valence electrons. The molecule has 0 bridgehead atoms. The molecule has 0 saturated carbocycles. The lowest BCUT2D eigenvalue weighted by atomic mass is 10.3. The lowest BCUT2D eigenvalue weighted by Crippen LogP contribution is -2.17. The van der Waals surface area contributed by atoms with Crippen LogP contribution in [0.5, 0.6) is 11.5 Å². The number of rotatable bonds is 2. The zero-order valence-corrected chi connectivity index (χ0v) is 9.15. The number of hydrogen-bond acceptors (Lipinski definition) is 3. The summed E-state index contributed by atoms with van der Waals surface area (Å²) < 4.78 is 44.4. The van der Waals surface area contributed by atoms with Gasteiger partial charge >= 0.3 is 6.36 Å². The van der Waals surface area contributed by atoms with Gasteiger partial charge in [0.2, 0.25) is 0 Å². The van der Waals surface area contributed by atoms with E-state index in [1.807, 2.05) is 0 Å². The van der Waals surface area contributed by atoms with Crippen LogP contribution >= 0.6 is 15.9 Å². The fourth-order valence-electron chi connectivity index (χ4n) is 0.931. The molecule has 0 atom stereocenters. The normalized spacial score (nSPS) is 11.3. The van der Waals surface area contributed by atoms with Crippen LogP contribution in [0.25, 0.3) is 0 Å². The summed E-state index contributed by atoms with van der Waals surface area (Å²) in [5.41, 5.74) is 5.50. The average Bonchev–Trinajstić information content (AvgIpc) is 2.08. The van der Waals surface area contributed by atoms with Gasteiger partial charge in [-0.2, -0.15) is 0 Å². The van der Waals surface area contributed by atoms with Crippen LogP contribution in [0.4, 0.5) is 18.9 Å². The van der Waals surface area contributed by atoms with Gasteiger partial charge < -0.3 is 15.2 Å². The van der Waals surface area contributed by atoms with E-state index in [1.54, 1.807) is 0 Å². The van der Waals surface area contributed by atoms with Crippen molar-refractivity contribution in [2.45, 2.75) is 6.36 Å². The first-order valence-corrected chi connectivity index (χ1v) is 4.51. The van der Waals surface area contributed by atoms with Crippen LogP contribution < -0.4 is 15.2 Å². The molecule has 15 heavy (non-hydrogen) atoms. The van der Waals surface area contributed by atoms with Crippen LogP contribution in [-0.4, -0.2) is 13.5 Å². The van der Waals surface area contributed by atoms with Crippen molar-refractivity contribution >= 4 is 21.6 Å². The van der Waals surface area contributed by atoms with Crippen LogP contribution in [0, 0.1) is 0 Å². The second-order valence-electron chi connectivity index (χ2n) is 2.57. The molecular weight excluding hydrogens is 279 g/mol. The average molecular weight is 286 g/mol. The number of anilines is 1. The molecule has 0 aliphatic carbocycles. The summed E-state index contributed by atoms with van der Waals surface area (Å²) in [6, 6.07) is 2.34. The van der Waals surface area contributed by atoms with Crippen LogP contribution in [0.1, 0.15) is 0 Å². The summed E-state index contributed by atoms with van der Waals surface area (Å²) in [7, 11) is 1.36. The molecule has 0 aliphatic heterocycles. The number of hydrogen-bond donors (Lipinski definition) is 1. The molecule has 1 rings (SSSR count). The predicted molar refractivity (Wildman–Crippen MR) is 51.8 cm³/mol. The maximum Gasteiger partial charge on any atom is 0.573 e. The topological polar surface area (TPSA) is 44.5 Å². The highest BCUT2D eigenvalue weighted by Gasteiger charge is 2.32. The predicted octanol–water partition coefficient (Wildman–Crippen LogP) is 2.94. The van der Waals surface area contributed by atoms with Gasteiger partial charge in [-0.25, -0.2) is 0 Å². The quantitative estimate of drug-likeness (QED) is 0.850. The van der Waals surface area contributed by atoms with Gasteiger partial charge in [0, 0.05) is 12.1 Å². The Hall–Kier alpha value is -1.11. The molecule has 0 heterocycles. The summed E-state index contributed by atoms with van der Waals surface area (Å²) in [6.45, 7) is 0. The second kappa shape index (κ2) is 4.18. The number of methoxy groups -OCH3 is 1. The first-order chi connectivity index (χ1) is 6.83. The Bertz CT molecular complexity index is 368. The fourth-order valence-corrected chi connectivity index (χ4v) is 1.33. The summed E-state index contributed by atoms with van der Waals surface area (Å²) in [6.07, 6.45) is -4.75. The third kappa shape index (κ3) is 3.19. The molecule has 0 radical (unpaired) electrons. The highest BCUT2D eigenvalue weighted by Crippen LogP contribution is 2.36. The lowest BCUT2D eigenvalue weighted by Gasteiger charge is -2.12. The molecule has 0 aromatic heterocycles.